The van der Waals surface area contributed by atoms with Crippen molar-refractivity contribution in [2.75, 3.05) is 12.3 Å². The van der Waals surface area contributed by atoms with E-state index in [-0.39, 0.29) is 19.5 Å². The van der Waals surface area contributed by atoms with Gasteiger partial charge >= 0.3 is 18.0 Å². The van der Waals surface area contributed by atoms with Crippen molar-refractivity contribution < 1.29 is 19.5 Å². The molecule has 0 saturated carbocycles. The molecular weight excluding hydrogens is 302 g/mol. The van der Waals surface area contributed by atoms with Crippen LogP contribution < -0.4 is 22.5 Å². The van der Waals surface area contributed by atoms with Gasteiger partial charge in [-0.1, -0.05) is 12.1 Å². The van der Waals surface area contributed by atoms with E-state index in [0.29, 0.717) is 17.7 Å². The third-order valence-corrected chi connectivity index (χ3v) is 3.23. The van der Waals surface area contributed by atoms with Crippen molar-refractivity contribution in [1.82, 2.24) is 10.2 Å². The van der Waals surface area contributed by atoms with Gasteiger partial charge in [-0.25, -0.2) is 14.4 Å². The van der Waals surface area contributed by atoms with Crippen molar-refractivity contribution in [3.8, 4) is 0 Å². The second-order valence-corrected chi connectivity index (χ2v) is 5.00. The maximum absolute atomic E-state index is 11.6. The van der Waals surface area contributed by atoms with Gasteiger partial charge in [-0.15, -0.1) is 0 Å². The highest BCUT2D eigenvalue weighted by Gasteiger charge is 2.28. The van der Waals surface area contributed by atoms with E-state index in [1.165, 1.54) is 0 Å². The molecule has 0 spiro atoms. The van der Waals surface area contributed by atoms with Crippen LogP contribution in [0, 0.1) is 0 Å². The summed E-state index contributed by atoms with van der Waals surface area (Å²) in [5, 5.41) is 11.7. The highest BCUT2D eigenvalue weighted by molar-refractivity contribution is 5.81. The van der Waals surface area contributed by atoms with E-state index in [1.807, 2.05) is 0 Å². The number of amides is 4. The quantitative estimate of drug-likeness (QED) is 0.336. The Morgan fingerprint density at radius 2 is 1.78 bits per heavy atom. The number of hydrogen-bond donors (Lipinski definition) is 5. The molecule has 0 fully saturated rings. The number of urea groups is 2. The van der Waals surface area contributed by atoms with Crippen LogP contribution in [0.15, 0.2) is 24.3 Å². The Hall–Kier alpha value is -2.97. The molecule has 23 heavy (non-hydrogen) atoms. The number of nitrogens with two attached hydrogens (primary N) is 3. The van der Waals surface area contributed by atoms with Gasteiger partial charge in [0.25, 0.3) is 0 Å². The molecule has 8 N–H and O–H groups in total. The number of hydrogen-bond acceptors (Lipinski definition) is 4. The minimum absolute atomic E-state index is 0.0514. The van der Waals surface area contributed by atoms with Crippen molar-refractivity contribution in [3.05, 3.63) is 29.8 Å². The van der Waals surface area contributed by atoms with E-state index in [1.54, 1.807) is 24.3 Å². The Balaban J connectivity index is 2.76. The van der Waals surface area contributed by atoms with Crippen LogP contribution in [0.3, 0.4) is 0 Å². The minimum atomic E-state index is -1.17. The van der Waals surface area contributed by atoms with Gasteiger partial charge in [-0.05, 0) is 30.5 Å². The first kappa shape index (κ1) is 18.1. The average Bonchev–Trinajstić information content (AvgIpc) is 2.46. The summed E-state index contributed by atoms with van der Waals surface area (Å²) < 4.78 is 0. The predicted octanol–water partition coefficient (Wildman–Crippen LogP) is 0.0512. The molecule has 0 heterocycles. The summed E-state index contributed by atoms with van der Waals surface area (Å²) in [6, 6.07) is 4.07. The van der Waals surface area contributed by atoms with Gasteiger partial charge in [-0.2, -0.15) is 0 Å². The van der Waals surface area contributed by atoms with Crippen LogP contribution in [0.1, 0.15) is 18.4 Å². The van der Waals surface area contributed by atoms with Gasteiger partial charge in [0.05, 0.1) is 0 Å². The Morgan fingerprint density at radius 1 is 1.17 bits per heavy atom. The number of carboxylic acid groups (broad SMARTS) is 1. The summed E-state index contributed by atoms with van der Waals surface area (Å²) in [7, 11) is 0. The molecule has 126 valence electrons. The van der Waals surface area contributed by atoms with Gasteiger partial charge in [-0.3, -0.25) is 0 Å². The number of carbonyl (C=O) groups is 3. The van der Waals surface area contributed by atoms with Crippen molar-refractivity contribution in [2.45, 2.75) is 25.4 Å². The molecule has 0 aliphatic carbocycles. The largest absolute Gasteiger partial charge is 0.480 e. The molecule has 0 aromatic heterocycles. The Labute approximate surface area is 133 Å². The lowest BCUT2D eigenvalue weighted by Crippen LogP contribution is -2.47. The summed E-state index contributed by atoms with van der Waals surface area (Å²) in [6.45, 7) is 0.267. The van der Waals surface area contributed by atoms with Gasteiger partial charge in [0.2, 0.25) is 0 Å². The van der Waals surface area contributed by atoms with Crippen LogP contribution in [-0.2, 0) is 11.3 Å². The van der Waals surface area contributed by atoms with Crippen LogP contribution in [0.5, 0.6) is 0 Å². The zero-order valence-electron chi connectivity index (χ0n) is 12.6. The standard InChI is InChI=1S/C14H21N5O4/c15-10-5-3-9(4-6-10)8-19(14(17)23)11(12(20)21)2-1-7-18-13(16)22/h3-6,11H,1-2,7-8,15H2,(H2,17,23)(H,20,21)(H3,16,18,22)/t11-/m0/s1. The zero-order valence-corrected chi connectivity index (χ0v) is 12.6. The Morgan fingerprint density at radius 3 is 2.26 bits per heavy atom. The third kappa shape index (κ3) is 6.12. The average molecular weight is 323 g/mol. The van der Waals surface area contributed by atoms with Crippen molar-refractivity contribution in [1.29, 1.82) is 0 Å². The number of carboxylic acids is 1. The number of carbonyl (C=O) groups excluding carboxylic acids is 2. The van der Waals surface area contributed by atoms with Crippen LogP contribution >= 0.6 is 0 Å². The summed E-state index contributed by atoms with van der Waals surface area (Å²) in [6.07, 6.45) is 0.471. The van der Waals surface area contributed by atoms with Crippen molar-refractivity contribution >= 4 is 23.7 Å². The molecule has 1 aromatic carbocycles. The molecule has 0 bridgehead atoms. The number of aliphatic carboxylic acids is 1. The number of nitrogens with zero attached hydrogens (tertiary/aromatic N) is 1. The summed E-state index contributed by atoms with van der Waals surface area (Å²) >= 11 is 0. The highest BCUT2D eigenvalue weighted by atomic mass is 16.4. The van der Waals surface area contributed by atoms with E-state index < -0.39 is 24.1 Å². The van der Waals surface area contributed by atoms with Gasteiger partial charge in [0, 0.05) is 18.8 Å². The molecule has 0 aliphatic heterocycles. The lowest BCUT2D eigenvalue weighted by Gasteiger charge is -2.27. The Kier molecular flexibility index (Phi) is 6.66. The number of primary amides is 2. The zero-order chi connectivity index (χ0) is 17.4. The van der Waals surface area contributed by atoms with Crippen LogP contribution in [-0.4, -0.2) is 40.6 Å². The molecule has 9 heteroatoms. The first-order valence-corrected chi connectivity index (χ1v) is 6.98. The summed E-state index contributed by atoms with van der Waals surface area (Å²) in [4.78, 5) is 34.7. The second-order valence-electron chi connectivity index (χ2n) is 5.00. The maximum atomic E-state index is 11.6. The first-order valence-electron chi connectivity index (χ1n) is 6.98. The van der Waals surface area contributed by atoms with Crippen molar-refractivity contribution in [2.24, 2.45) is 11.5 Å². The van der Waals surface area contributed by atoms with E-state index in [2.05, 4.69) is 5.32 Å². The monoisotopic (exact) mass is 323 g/mol. The molecule has 1 aromatic rings. The summed E-state index contributed by atoms with van der Waals surface area (Å²) in [5.41, 5.74) is 17.1. The SMILES string of the molecule is NC(=O)NCCC[C@@H](C(=O)O)N(Cc1ccc(N)cc1)C(N)=O. The fourth-order valence-corrected chi connectivity index (χ4v) is 2.08. The number of anilines is 1. The van der Waals surface area contributed by atoms with Gasteiger partial charge in [0.1, 0.15) is 6.04 Å². The smallest absolute Gasteiger partial charge is 0.326 e. The van der Waals surface area contributed by atoms with Crippen molar-refractivity contribution in [3.63, 3.8) is 0 Å². The molecule has 0 saturated heterocycles. The fourth-order valence-electron chi connectivity index (χ4n) is 2.08. The lowest BCUT2D eigenvalue weighted by atomic mass is 10.1. The number of nitrogens with one attached hydrogen (secondary N) is 1. The normalized spacial score (nSPS) is 11.5. The van der Waals surface area contributed by atoms with E-state index in [0.717, 1.165) is 4.90 Å². The molecule has 9 nitrogen and oxygen atoms in total. The topological polar surface area (TPSA) is 165 Å². The fraction of sp³-hybridized carbons (Fsp3) is 0.357. The van der Waals surface area contributed by atoms with E-state index in [9.17, 15) is 19.5 Å². The molecule has 4 amide bonds. The maximum Gasteiger partial charge on any atom is 0.326 e. The number of rotatable bonds is 8. The molecule has 0 radical (unpaired) electrons. The molecule has 0 aliphatic rings. The number of benzene rings is 1. The lowest BCUT2D eigenvalue weighted by molar-refractivity contribution is -0.142. The van der Waals surface area contributed by atoms with Crippen LogP contribution in [0.25, 0.3) is 0 Å². The minimum Gasteiger partial charge on any atom is -0.480 e. The van der Waals surface area contributed by atoms with E-state index >= 15 is 0 Å². The van der Waals surface area contributed by atoms with Gasteiger partial charge in [0.15, 0.2) is 0 Å². The molecule has 0 unspecified atom stereocenters. The van der Waals surface area contributed by atoms with E-state index in [4.69, 9.17) is 17.2 Å². The van der Waals surface area contributed by atoms with Gasteiger partial charge < -0.3 is 32.5 Å². The Bertz CT molecular complexity index is 561. The first-order chi connectivity index (χ1) is 10.8. The highest BCUT2D eigenvalue weighted by Crippen LogP contribution is 2.14. The van der Waals surface area contributed by atoms with Crippen LogP contribution in [0.4, 0.5) is 15.3 Å². The predicted molar refractivity (Wildman–Crippen MR) is 84.2 cm³/mol. The second kappa shape index (κ2) is 8.47. The van der Waals surface area contributed by atoms with Crippen LogP contribution in [0.2, 0.25) is 0 Å². The summed E-state index contributed by atoms with van der Waals surface area (Å²) in [5.74, 6) is -1.17. The number of nitrogen functional groups attached to an aromatic ring is 1. The third-order valence-electron chi connectivity index (χ3n) is 3.23. The molecular formula is C14H21N5O4. The molecule has 1 rings (SSSR count). The molecule has 1 atom stereocenters.